The fraction of sp³-hybridized carbons (Fsp3) is 0.320. The van der Waals surface area contributed by atoms with E-state index in [0.29, 0.717) is 17.3 Å². The third-order valence-electron chi connectivity index (χ3n) is 5.60. The van der Waals surface area contributed by atoms with E-state index in [1.807, 2.05) is 45.0 Å². The normalized spacial score (nSPS) is 16.2. The number of thioether (sulfide) groups is 1. The standard InChI is InChI=1S/C25H27FN4O3S/c1-25(2,3)23-21-22(15-5-7-16(26)8-6-15)34-14-20(32)29(13-19(27)31)24(21)30(28-23)17-9-11-18(33-4)12-10-17/h5-12,22H,13-14H2,1-4H3,(H2,27,31)/t22-/m1/s1. The molecule has 1 aromatic heterocycles. The summed E-state index contributed by atoms with van der Waals surface area (Å²) < 4.78 is 20.7. The molecule has 9 heteroatoms. The van der Waals surface area contributed by atoms with E-state index >= 15 is 0 Å². The second kappa shape index (κ2) is 9.13. The van der Waals surface area contributed by atoms with Gasteiger partial charge in [0.25, 0.3) is 0 Å². The number of benzene rings is 2. The fourth-order valence-electron chi connectivity index (χ4n) is 4.03. The molecule has 2 N–H and O–H groups in total. The zero-order valence-electron chi connectivity index (χ0n) is 19.5. The van der Waals surface area contributed by atoms with Crippen molar-refractivity contribution < 1.29 is 18.7 Å². The number of anilines is 1. The van der Waals surface area contributed by atoms with Crippen LogP contribution >= 0.6 is 11.8 Å². The zero-order valence-corrected chi connectivity index (χ0v) is 20.4. The molecule has 0 aliphatic carbocycles. The number of rotatable bonds is 5. The number of hydrogen-bond acceptors (Lipinski definition) is 5. The number of ether oxygens (including phenoxy) is 1. The first-order valence-electron chi connectivity index (χ1n) is 10.8. The number of methoxy groups -OCH3 is 1. The van der Waals surface area contributed by atoms with Crippen LogP contribution in [0.4, 0.5) is 10.2 Å². The van der Waals surface area contributed by atoms with Gasteiger partial charge in [-0.1, -0.05) is 32.9 Å². The zero-order chi connectivity index (χ0) is 24.6. The maximum atomic E-state index is 13.7. The molecule has 1 aliphatic rings. The molecule has 178 valence electrons. The number of nitrogens with zero attached hydrogens (tertiary/aromatic N) is 3. The molecular weight excluding hydrogens is 455 g/mol. The number of carbonyl (C=O) groups is 2. The van der Waals surface area contributed by atoms with Crippen LogP contribution in [0.25, 0.3) is 5.69 Å². The molecule has 0 bridgehead atoms. The van der Waals surface area contributed by atoms with Crippen LogP contribution in [0.2, 0.25) is 0 Å². The van der Waals surface area contributed by atoms with E-state index in [1.54, 1.807) is 23.9 Å². The Morgan fingerprint density at radius 1 is 1.18 bits per heavy atom. The van der Waals surface area contributed by atoms with E-state index in [9.17, 15) is 14.0 Å². The maximum absolute atomic E-state index is 13.7. The molecule has 2 amide bonds. The highest BCUT2D eigenvalue weighted by Crippen LogP contribution is 2.48. The summed E-state index contributed by atoms with van der Waals surface area (Å²) in [5.74, 6) is 0.116. The Morgan fingerprint density at radius 2 is 1.82 bits per heavy atom. The third-order valence-corrected chi connectivity index (χ3v) is 6.86. The molecule has 0 saturated carbocycles. The Balaban J connectivity index is 2.03. The van der Waals surface area contributed by atoms with Crippen LogP contribution in [0.15, 0.2) is 48.5 Å². The highest BCUT2D eigenvalue weighted by Gasteiger charge is 2.39. The van der Waals surface area contributed by atoms with Crippen LogP contribution < -0.4 is 15.4 Å². The number of amides is 2. The van der Waals surface area contributed by atoms with Crippen molar-refractivity contribution in [3.05, 3.63) is 71.2 Å². The Bertz CT molecular complexity index is 1220. The van der Waals surface area contributed by atoms with E-state index < -0.39 is 5.91 Å². The predicted molar refractivity (Wildman–Crippen MR) is 131 cm³/mol. The fourth-order valence-corrected chi connectivity index (χ4v) is 5.23. The second-order valence-electron chi connectivity index (χ2n) is 9.13. The molecule has 1 aliphatic heterocycles. The summed E-state index contributed by atoms with van der Waals surface area (Å²) in [7, 11) is 1.59. The molecule has 3 aromatic rings. The smallest absolute Gasteiger partial charge is 0.238 e. The van der Waals surface area contributed by atoms with Gasteiger partial charge in [0.1, 0.15) is 23.9 Å². The molecule has 7 nitrogen and oxygen atoms in total. The van der Waals surface area contributed by atoms with E-state index in [-0.39, 0.29) is 34.7 Å². The first-order chi connectivity index (χ1) is 16.1. The van der Waals surface area contributed by atoms with Crippen LogP contribution in [0, 0.1) is 5.82 Å². The number of carbonyl (C=O) groups excluding carboxylic acids is 2. The van der Waals surface area contributed by atoms with Crippen LogP contribution in [0.5, 0.6) is 5.75 Å². The minimum Gasteiger partial charge on any atom is -0.497 e. The molecule has 34 heavy (non-hydrogen) atoms. The number of fused-ring (bicyclic) bond motifs is 1. The van der Waals surface area contributed by atoms with Crippen molar-refractivity contribution in [3.63, 3.8) is 0 Å². The van der Waals surface area contributed by atoms with Gasteiger partial charge in [0.2, 0.25) is 11.8 Å². The lowest BCUT2D eigenvalue weighted by atomic mass is 9.87. The molecule has 0 saturated heterocycles. The number of halogens is 1. The molecule has 0 radical (unpaired) electrons. The summed E-state index contributed by atoms with van der Waals surface area (Å²) in [6.45, 7) is 5.87. The van der Waals surface area contributed by atoms with Crippen molar-refractivity contribution in [2.75, 3.05) is 24.3 Å². The van der Waals surface area contributed by atoms with Gasteiger partial charge in [0.05, 0.1) is 29.5 Å². The van der Waals surface area contributed by atoms with Crippen molar-refractivity contribution in [2.45, 2.75) is 31.4 Å². The molecular formula is C25H27FN4O3S. The van der Waals surface area contributed by atoms with Gasteiger partial charge in [-0.05, 0) is 42.0 Å². The van der Waals surface area contributed by atoms with Crippen LogP contribution in [0.3, 0.4) is 0 Å². The summed E-state index contributed by atoms with van der Waals surface area (Å²) in [5, 5.41) is 4.67. The van der Waals surface area contributed by atoms with Crippen LogP contribution in [-0.2, 0) is 15.0 Å². The third kappa shape index (κ3) is 4.52. The summed E-state index contributed by atoms with van der Waals surface area (Å²) in [6.07, 6.45) is 0. The molecule has 0 fully saturated rings. The predicted octanol–water partition coefficient (Wildman–Crippen LogP) is 3.97. The average molecular weight is 483 g/mol. The number of primary amides is 1. The van der Waals surface area contributed by atoms with Gasteiger partial charge in [-0.2, -0.15) is 5.10 Å². The van der Waals surface area contributed by atoms with Crippen molar-refractivity contribution >= 4 is 29.4 Å². The SMILES string of the molecule is COc1ccc(-n2nc(C(C)(C)C)c3c2N(CC(N)=O)C(=O)CS[C@@H]3c2ccc(F)cc2)cc1. The first kappa shape index (κ1) is 23.8. The van der Waals surface area contributed by atoms with Gasteiger partial charge in [-0.15, -0.1) is 11.8 Å². The Kier molecular flexibility index (Phi) is 6.40. The van der Waals surface area contributed by atoms with Gasteiger partial charge in [0, 0.05) is 11.0 Å². The summed E-state index contributed by atoms with van der Waals surface area (Å²) in [5.41, 5.74) is 8.32. The minimum atomic E-state index is -0.621. The monoisotopic (exact) mass is 482 g/mol. The second-order valence-corrected chi connectivity index (χ2v) is 10.2. The summed E-state index contributed by atoms with van der Waals surface area (Å²) in [6, 6.07) is 13.6. The van der Waals surface area contributed by atoms with Crippen molar-refractivity contribution in [3.8, 4) is 11.4 Å². The van der Waals surface area contributed by atoms with Crippen LogP contribution in [0.1, 0.15) is 42.8 Å². The van der Waals surface area contributed by atoms with Crippen molar-refractivity contribution in [1.82, 2.24) is 9.78 Å². The Hall–Kier alpha value is -3.33. The molecule has 2 aromatic carbocycles. The van der Waals surface area contributed by atoms with E-state index in [2.05, 4.69) is 0 Å². The van der Waals surface area contributed by atoms with E-state index in [0.717, 1.165) is 16.8 Å². The van der Waals surface area contributed by atoms with E-state index in [4.69, 9.17) is 15.6 Å². The molecule has 4 rings (SSSR count). The molecule has 0 spiro atoms. The van der Waals surface area contributed by atoms with Crippen molar-refractivity contribution in [1.29, 1.82) is 0 Å². The lowest BCUT2D eigenvalue weighted by Crippen LogP contribution is -2.40. The van der Waals surface area contributed by atoms with Crippen LogP contribution in [-0.4, -0.2) is 41.0 Å². The Morgan fingerprint density at radius 3 is 2.38 bits per heavy atom. The molecule has 1 atom stereocenters. The minimum absolute atomic E-state index is 0.135. The summed E-state index contributed by atoms with van der Waals surface area (Å²) >= 11 is 1.43. The van der Waals surface area contributed by atoms with Gasteiger partial charge in [-0.3, -0.25) is 14.5 Å². The molecule has 2 heterocycles. The largest absolute Gasteiger partial charge is 0.497 e. The quantitative estimate of drug-likeness (QED) is 0.594. The number of hydrogen-bond donors (Lipinski definition) is 1. The number of aromatic nitrogens is 2. The highest BCUT2D eigenvalue weighted by molar-refractivity contribution is 8.00. The molecule has 0 unspecified atom stereocenters. The number of nitrogens with two attached hydrogens (primary N) is 1. The summed E-state index contributed by atoms with van der Waals surface area (Å²) in [4.78, 5) is 26.7. The highest BCUT2D eigenvalue weighted by atomic mass is 32.2. The lowest BCUT2D eigenvalue weighted by Gasteiger charge is -2.24. The van der Waals surface area contributed by atoms with Gasteiger partial charge in [-0.25, -0.2) is 9.07 Å². The first-order valence-corrected chi connectivity index (χ1v) is 11.9. The van der Waals surface area contributed by atoms with Gasteiger partial charge < -0.3 is 10.5 Å². The topological polar surface area (TPSA) is 90.4 Å². The Labute approximate surface area is 202 Å². The maximum Gasteiger partial charge on any atom is 0.238 e. The average Bonchev–Trinajstić information content (AvgIpc) is 3.13. The lowest BCUT2D eigenvalue weighted by molar-refractivity contribution is -0.121. The van der Waals surface area contributed by atoms with Crippen molar-refractivity contribution in [2.24, 2.45) is 5.73 Å². The van der Waals surface area contributed by atoms with Gasteiger partial charge in [0.15, 0.2) is 0 Å². The van der Waals surface area contributed by atoms with E-state index in [1.165, 1.54) is 28.8 Å². The van der Waals surface area contributed by atoms with Gasteiger partial charge >= 0.3 is 0 Å².